The molecule has 0 radical (unpaired) electrons. The van der Waals surface area contributed by atoms with Crippen molar-refractivity contribution in [3.8, 4) is 0 Å². The van der Waals surface area contributed by atoms with Crippen molar-refractivity contribution in [2.75, 3.05) is 26.4 Å². The number of fused-ring (bicyclic) bond motifs is 2. The van der Waals surface area contributed by atoms with E-state index in [9.17, 15) is 4.79 Å². The summed E-state index contributed by atoms with van der Waals surface area (Å²) in [5.74, 6) is 0. The van der Waals surface area contributed by atoms with Crippen LogP contribution < -0.4 is 5.32 Å². The number of carbonyl (C=O) groups is 1. The molecule has 6 nitrogen and oxygen atoms in total. The van der Waals surface area contributed by atoms with Crippen LogP contribution in [0.1, 0.15) is 40.0 Å². The Morgan fingerprint density at radius 2 is 1.95 bits per heavy atom. The van der Waals surface area contributed by atoms with Crippen molar-refractivity contribution in [1.82, 2.24) is 10.2 Å². The predicted molar refractivity (Wildman–Crippen MR) is 79.2 cm³/mol. The van der Waals surface area contributed by atoms with Crippen molar-refractivity contribution in [1.29, 1.82) is 0 Å². The molecule has 2 aliphatic rings. The number of amides is 1. The fraction of sp³-hybridized carbons (Fsp3) is 0.933. The standard InChI is InChI=1S/C15H28N2O4/c1-15(2,3)21-14(19)17-12-7-11(16-5-4-6-18)8-13(17)10-20-9-12/h11-13,16,18H,4-10H2,1-3H3/t11?,12-,13+. The van der Waals surface area contributed by atoms with Crippen molar-refractivity contribution in [2.24, 2.45) is 0 Å². The van der Waals surface area contributed by atoms with Gasteiger partial charge >= 0.3 is 6.09 Å². The molecule has 0 aliphatic carbocycles. The molecule has 2 fully saturated rings. The Labute approximate surface area is 126 Å². The monoisotopic (exact) mass is 300 g/mol. The lowest BCUT2D eigenvalue weighted by atomic mass is 9.90. The van der Waals surface area contributed by atoms with Gasteiger partial charge in [0, 0.05) is 12.6 Å². The third-order valence-corrected chi connectivity index (χ3v) is 3.89. The van der Waals surface area contributed by atoms with Gasteiger partial charge in [-0.2, -0.15) is 0 Å². The number of hydrogen-bond donors (Lipinski definition) is 2. The summed E-state index contributed by atoms with van der Waals surface area (Å²) < 4.78 is 11.1. The molecule has 2 saturated heterocycles. The highest BCUT2D eigenvalue weighted by Gasteiger charge is 2.43. The average Bonchev–Trinajstić information content (AvgIpc) is 2.35. The molecule has 21 heavy (non-hydrogen) atoms. The van der Waals surface area contributed by atoms with Crippen molar-refractivity contribution < 1.29 is 19.4 Å². The second-order valence-corrected chi connectivity index (χ2v) is 6.93. The maximum atomic E-state index is 12.4. The second kappa shape index (κ2) is 6.94. The van der Waals surface area contributed by atoms with Crippen LogP contribution in [0.3, 0.4) is 0 Å². The zero-order chi connectivity index (χ0) is 15.5. The van der Waals surface area contributed by atoms with Crippen LogP contribution in [0.2, 0.25) is 0 Å². The molecule has 2 heterocycles. The minimum Gasteiger partial charge on any atom is -0.444 e. The van der Waals surface area contributed by atoms with Gasteiger partial charge in [-0.15, -0.1) is 0 Å². The topological polar surface area (TPSA) is 71.0 Å². The summed E-state index contributed by atoms with van der Waals surface area (Å²) >= 11 is 0. The zero-order valence-corrected chi connectivity index (χ0v) is 13.3. The number of morpholine rings is 1. The fourth-order valence-corrected chi connectivity index (χ4v) is 3.08. The van der Waals surface area contributed by atoms with Gasteiger partial charge in [0.1, 0.15) is 5.60 Å². The Hall–Kier alpha value is -0.850. The second-order valence-electron chi connectivity index (χ2n) is 6.93. The van der Waals surface area contributed by atoms with Crippen molar-refractivity contribution in [3.63, 3.8) is 0 Å². The Balaban J connectivity index is 1.94. The Morgan fingerprint density at radius 1 is 1.33 bits per heavy atom. The van der Waals surface area contributed by atoms with Crippen LogP contribution in [0.15, 0.2) is 0 Å². The molecular formula is C15H28N2O4. The largest absolute Gasteiger partial charge is 0.444 e. The van der Waals surface area contributed by atoms with Gasteiger partial charge in [-0.05, 0) is 46.6 Å². The quantitative estimate of drug-likeness (QED) is 0.762. The van der Waals surface area contributed by atoms with Gasteiger partial charge in [-0.1, -0.05) is 0 Å². The third kappa shape index (κ3) is 4.56. The minimum absolute atomic E-state index is 0.0824. The first-order chi connectivity index (χ1) is 9.90. The van der Waals surface area contributed by atoms with Crippen molar-refractivity contribution in [3.05, 3.63) is 0 Å². The van der Waals surface area contributed by atoms with E-state index in [1.807, 2.05) is 25.7 Å². The van der Waals surface area contributed by atoms with Crippen LogP contribution in [-0.2, 0) is 9.47 Å². The van der Waals surface area contributed by atoms with E-state index >= 15 is 0 Å². The summed E-state index contributed by atoms with van der Waals surface area (Å²) in [6, 6.07) is 0.548. The van der Waals surface area contributed by atoms with Crippen molar-refractivity contribution >= 4 is 6.09 Å². The molecule has 2 N–H and O–H groups in total. The fourth-order valence-electron chi connectivity index (χ4n) is 3.08. The molecule has 0 spiro atoms. The van der Waals surface area contributed by atoms with E-state index in [0.29, 0.717) is 19.3 Å². The Bertz CT molecular complexity index is 342. The number of aliphatic hydroxyl groups excluding tert-OH is 1. The summed E-state index contributed by atoms with van der Waals surface area (Å²) in [4.78, 5) is 14.3. The molecule has 0 saturated carbocycles. The van der Waals surface area contributed by atoms with Gasteiger partial charge in [0.05, 0.1) is 25.3 Å². The van der Waals surface area contributed by atoms with Gasteiger partial charge < -0.3 is 19.9 Å². The predicted octanol–water partition coefficient (Wildman–Crippen LogP) is 1.13. The molecule has 2 bridgehead atoms. The first kappa shape index (κ1) is 16.5. The van der Waals surface area contributed by atoms with E-state index in [-0.39, 0.29) is 24.8 Å². The number of rotatable bonds is 4. The van der Waals surface area contributed by atoms with E-state index in [1.54, 1.807) is 0 Å². The van der Waals surface area contributed by atoms with Crippen LogP contribution in [0.4, 0.5) is 4.79 Å². The number of piperidine rings is 1. The zero-order valence-electron chi connectivity index (χ0n) is 13.3. The van der Waals surface area contributed by atoms with E-state index < -0.39 is 5.60 Å². The van der Waals surface area contributed by atoms with E-state index in [2.05, 4.69) is 5.32 Å². The summed E-state index contributed by atoms with van der Waals surface area (Å²) in [5.41, 5.74) is -0.470. The van der Waals surface area contributed by atoms with Gasteiger partial charge in [0.25, 0.3) is 0 Å². The SMILES string of the molecule is CC(C)(C)OC(=O)N1[C@@H]2COC[C@H]1CC(NCCCO)C2. The average molecular weight is 300 g/mol. The van der Waals surface area contributed by atoms with E-state index in [0.717, 1.165) is 25.8 Å². The molecule has 0 aromatic rings. The molecule has 2 aliphatic heterocycles. The summed E-state index contributed by atoms with van der Waals surface area (Å²) in [7, 11) is 0. The molecule has 2 rings (SSSR count). The molecular weight excluding hydrogens is 272 g/mol. The third-order valence-electron chi connectivity index (χ3n) is 3.89. The number of ether oxygens (including phenoxy) is 2. The van der Waals surface area contributed by atoms with Crippen molar-refractivity contribution in [2.45, 2.75) is 63.8 Å². The highest BCUT2D eigenvalue weighted by Crippen LogP contribution is 2.29. The van der Waals surface area contributed by atoms with Crippen LogP contribution in [0.25, 0.3) is 0 Å². The smallest absolute Gasteiger partial charge is 0.410 e. The number of aliphatic hydroxyl groups is 1. The first-order valence-corrected chi connectivity index (χ1v) is 7.84. The molecule has 1 amide bonds. The molecule has 0 aromatic carbocycles. The number of carbonyl (C=O) groups excluding carboxylic acids is 1. The highest BCUT2D eigenvalue weighted by molar-refractivity contribution is 5.69. The van der Waals surface area contributed by atoms with E-state index in [1.165, 1.54) is 0 Å². The van der Waals surface area contributed by atoms with Crippen LogP contribution >= 0.6 is 0 Å². The highest BCUT2D eigenvalue weighted by atomic mass is 16.6. The lowest BCUT2D eigenvalue weighted by Gasteiger charge is -2.48. The number of nitrogens with one attached hydrogen (secondary N) is 1. The van der Waals surface area contributed by atoms with Crippen LogP contribution in [0.5, 0.6) is 0 Å². The maximum Gasteiger partial charge on any atom is 0.410 e. The Morgan fingerprint density at radius 3 is 2.48 bits per heavy atom. The normalized spacial score (nSPS) is 29.3. The van der Waals surface area contributed by atoms with Gasteiger partial charge in [-0.25, -0.2) is 4.79 Å². The molecule has 6 heteroatoms. The molecule has 122 valence electrons. The van der Waals surface area contributed by atoms with Gasteiger partial charge in [0.15, 0.2) is 0 Å². The number of hydrogen-bond acceptors (Lipinski definition) is 5. The van der Waals surface area contributed by atoms with Crippen LogP contribution in [0, 0.1) is 0 Å². The van der Waals surface area contributed by atoms with Crippen LogP contribution in [-0.4, -0.2) is 66.2 Å². The molecule has 3 atom stereocenters. The summed E-state index contributed by atoms with van der Waals surface area (Å²) in [5, 5.41) is 12.3. The first-order valence-electron chi connectivity index (χ1n) is 7.84. The number of nitrogens with zero attached hydrogens (tertiary/aromatic N) is 1. The lowest BCUT2D eigenvalue weighted by molar-refractivity contribution is -0.0842. The molecule has 1 unspecified atom stereocenters. The molecule has 0 aromatic heterocycles. The maximum absolute atomic E-state index is 12.4. The van der Waals surface area contributed by atoms with E-state index in [4.69, 9.17) is 14.6 Å². The van der Waals surface area contributed by atoms with Gasteiger partial charge in [-0.3, -0.25) is 4.90 Å². The minimum atomic E-state index is -0.470. The lowest BCUT2D eigenvalue weighted by Crippen LogP contribution is -2.62. The Kier molecular flexibility index (Phi) is 5.46. The summed E-state index contributed by atoms with van der Waals surface area (Å²) in [6.45, 7) is 7.84. The van der Waals surface area contributed by atoms with Gasteiger partial charge in [0.2, 0.25) is 0 Å². The summed E-state index contributed by atoms with van der Waals surface area (Å²) in [6.07, 6.45) is 2.29.